The first-order valence-corrected chi connectivity index (χ1v) is 17.1. The molecule has 1 aliphatic rings. The number of nitrogens with zero attached hydrogens (tertiary/aromatic N) is 1. The Morgan fingerprint density at radius 1 is 0.816 bits per heavy atom. The summed E-state index contributed by atoms with van der Waals surface area (Å²) in [5.74, 6) is -0.117. The minimum atomic E-state index is -0.121. The monoisotopic (exact) mass is 552 g/mol. The van der Waals surface area contributed by atoms with Gasteiger partial charge in [0.1, 0.15) is 19.3 Å². The molecule has 1 fully saturated rings. The average Bonchev–Trinajstić information content (AvgIpc) is 3.61. The van der Waals surface area contributed by atoms with Crippen molar-refractivity contribution in [3.8, 4) is 0 Å². The number of esters is 1. The summed E-state index contributed by atoms with van der Waals surface area (Å²) in [4.78, 5) is 12.0. The van der Waals surface area contributed by atoms with E-state index in [2.05, 4.69) is 28.6 Å². The van der Waals surface area contributed by atoms with Crippen LogP contribution in [0.1, 0.15) is 148 Å². The van der Waals surface area contributed by atoms with Gasteiger partial charge in [0.2, 0.25) is 5.51 Å². The van der Waals surface area contributed by atoms with Crippen LogP contribution in [-0.2, 0) is 25.5 Å². The second-order valence-corrected chi connectivity index (χ2v) is 12.0. The SMILES string of the molecule is CCCCCCCCCCCCCCCCCCC[C@H]1OC[C@H](COC(=O)CCCCC[n+]2ccsc2)O1. The summed E-state index contributed by atoms with van der Waals surface area (Å²) in [6.07, 6.45) is 29.9. The number of hydrogen-bond acceptors (Lipinski definition) is 5. The van der Waals surface area contributed by atoms with E-state index in [9.17, 15) is 4.79 Å². The standard InChI is InChI=1S/C32H58NO4S/c1-2-3-4-5-6-7-8-9-10-11-12-13-14-15-16-17-20-23-32-36-28-30(37-32)27-35-31(34)22-19-18-21-24-33-25-26-38-29-33/h25-26,29-30,32H,2-24,27-28H2,1H3/q+1/t30-,32-/m0/s1. The van der Waals surface area contributed by atoms with Crippen LogP contribution in [0.3, 0.4) is 0 Å². The van der Waals surface area contributed by atoms with Gasteiger partial charge in [0.25, 0.3) is 0 Å². The summed E-state index contributed by atoms with van der Waals surface area (Å²) in [6.45, 7) is 4.16. The number of rotatable bonds is 26. The average molecular weight is 553 g/mol. The number of thiazole rings is 1. The molecule has 1 aromatic heterocycles. The Bertz CT molecular complexity index is 654. The number of carbonyl (C=O) groups excluding carboxylic acids is 1. The predicted molar refractivity (Wildman–Crippen MR) is 157 cm³/mol. The Morgan fingerprint density at radius 2 is 1.39 bits per heavy atom. The van der Waals surface area contributed by atoms with E-state index in [1.165, 1.54) is 103 Å². The number of aromatic nitrogens is 1. The Hall–Kier alpha value is -0.980. The predicted octanol–water partition coefficient (Wildman–Crippen LogP) is 8.92. The lowest BCUT2D eigenvalue weighted by Gasteiger charge is -2.12. The van der Waals surface area contributed by atoms with E-state index in [0.29, 0.717) is 19.6 Å². The van der Waals surface area contributed by atoms with E-state index in [4.69, 9.17) is 14.2 Å². The zero-order valence-corrected chi connectivity index (χ0v) is 25.4. The molecule has 2 rings (SSSR count). The Balaban J connectivity index is 1.28. The molecule has 2 heterocycles. The number of aryl methyl sites for hydroxylation is 1. The van der Waals surface area contributed by atoms with Crippen molar-refractivity contribution in [1.82, 2.24) is 0 Å². The van der Waals surface area contributed by atoms with Gasteiger partial charge in [-0.25, -0.2) is 0 Å². The van der Waals surface area contributed by atoms with Crippen molar-refractivity contribution in [1.29, 1.82) is 0 Å². The highest BCUT2D eigenvalue weighted by atomic mass is 32.1. The van der Waals surface area contributed by atoms with Gasteiger partial charge in [-0.1, -0.05) is 121 Å². The van der Waals surface area contributed by atoms with E-state index < -0.39 is 0 Å². The maximum absolute atomic E-state index is 12.0. The van der Waals surface area contributed by atoms with E-state index in [0.717, 1.165) is 38.6 Å². The molecule has 2 atom stereocenters. The molecule has 0 bridgehead atoms. The van der Waals surface area contributed by atoms with E-state index in [1.54, 1.807) is 11.3 Å². The van der Waals surface area contributed by atoms with Crippen LogP contribution in [0, 0.1) is 0 Å². The van der Waals surface area contributed by atoms with Crippen LogP contribution >= 0.6 is 11.3 Å². The molecule has 0 spiro atoms. The van der Waals surface area contributed by atoms with E-state index in [-0.39, 0.29) is 18.4 Å². The van der Waals surface area contributed by atoms with Crippen LogP contribution in [0.25, 0.3) is 0 Å². The van der Waals surface area contributed by atoms with E-state index >= 15 is 0 Å². The topological polar surface area (TPSA) is 48.6 Å². The molecule has 0 radical (unpaired) electrons. The first kappa shape index (κ1) is 33.2. The van der Waals surface area contributed by atoms with Gasteiger partial charge in [-0.05, 0) is 25.7 Å². The smallest absolute Gasteiger partial charge is 0.305 e. The minimum absolute atomic E-state index is 0.107. The van der Waals surface area contributed by atoms with Gasteiger partial charge in [0.05, 0.1) is 12.0 Å². The third-order valence-corrected chi connectivity index (χ3v) is 8.28. The Kier molecular flexibility index (Phi) is 20.9. The molecule has 1 saturated heterocycles. The van der Waals surface area contributed by atoms with Gasteiger partial charge in [0, 0.05) is 12.8 Å². The minimum Gasteiger partial charge on any atom is -0.463 e. The third kappa shape index (κ3) is 18.3. The molecular weight excluding hydrogens is 494 g/mol. The van der Waals surface area contributed by atoms with Crippen LogP contribution < -0.4 is 4.57 Å². The summed E-state index contributed by atoms with van der Waals surface area (Å²) in [5, 5.41) is 2.08. The molecule has 6 heteroatoms. The summed E-state index contributed by atoms with van der Waals surface area (Å²) in [5.41, 5.74) is 2.12. The summed E-state index contributed by atoms with van der Waals surface area (Å²) in [7, 11) is 0. The Labute approximate surface area is 238 Å². The molecule has 0 unspecified atom stereocenters. The molecule has 1 aromatic rings. The Morgan fingerprint density at radius 3 is 1.97 bits per heavy atom. The molecule has 38 heavy (non-hydrogen) atoms. The van der Waals surface area contributed by atoms with Crippen LogP contribution in [0.2, 0.25) is 0 Å². The van der Waals surface area contributed by atoms with Gasteiger partial charge in [-0.15, -0.1) is 0 Å². The molecule has 0 saturated carbocycles. The number of carbonyl (C=O) groups is 1. The molecule has 0 N–H and O–H groups in total. The first-order chi connectivity index (χ1) is 18.8. The second-order valence-electron chi connectivity index (χ2n) is 11.2. The van der Waals surface area contributed by atoms with Crippen molar-refractivity contribution in [3.63, 3.8) is 0 Å². The molecule has 0 aliphatic carbocycles. The van der Waals surface area contributed by atoms with Gasteiger partial charge in [-0.2, -0.15) is 4.57 Å². The van der Waals surface area contributed by atoms with Gasteiger partial charge in [-0.3, -0.25) is 4.79 Å². The fraction of sp³-hybridized carbons (Fsp3) is 0.875. The summed E-state index contributed by atoms with van der Waals surface area (Å²) >= 11 is 1.71. The van der Waals surface area contributed by atoms with Crippen LogP contribution in [-0.4, -0.2) is 31.6 Å². The van der Waals surface area contributed by atoms with Gasteiger partial charge < -0.3 is 14.2 Å². The molecule has 5 nitrogen and oxygen atoms in total. The lowest BCUT2D eigenvalue weighted by molar-refractivity contribution is -0.692. The van der Waals surface area contributed by atoms with Crippen molar-refractivity contribution in [2.75, 3.05) is 13.2 Å². The maximum Gasteiger partial charge on any atom is 0.305 e. The fourth-order valence-corrected chi connectivity index (χ4v) is 5.80. The highest BCUT2D eigenvalue weighted by Crippen LogP contribution is 2.19. The zero-order valence-electron chi connectivity index (χ0n) is 24.6. The highest BCUT2D eigenvalue weighted by molar-refractivity contribution is 7.07. The van der Waals surface area contributed by atoms with Crippen LogP contribution in [0.5, 0.6) is 0 Å². The zero-order chi connectivity index (χ0) is 26.9. The van der Waals surface area contributed by atoms with Crippen molar-refractivity contribution in [2.45, 2.75) is 167 Å². The second kappa shape index (κ2) is 23.9. The quantitative estimate of drug-likeness (QED) is 0.0654. The summed E-state index contributed by atoms with van der Waals surface area (Å²) in [6, 6.07) is 0. The van der Waals surface area contributed by atoms with Crippen LogP contribution in [0.15, 0.2) is 17.1 Å². The van der Waals surface area contributed by atoms with Gasteiger partial charge >= 0.3 is 5.97 Å². The summed E-state index contributed by atoms with van der Waals surface area (Å²) < 4.78 is 19.3. The molecule has 0 aromatic carbocycles. The maximum atomic E-state index is 12.0. The largest absolute Gasteiger partial charge is 0.463 e. The molecular formula is C32H58NO4S+. The fourth-order valence-electron chi connectivity index (χ4n) is 5.17. The molecule has 220 valence electrons. The number of hydrogen-bond donors (Lipinski definition) is 0. The van der Waals surface area contributed by atoms with E-state index in [1.807, 2.05) is 0 Å². The van der Waals surface area contributed by atoms with Crippen molar-refractivity contribution >= 4 is 17.3 Å². The number of ether oxygens (including phenoxy) is 3. The lowest BCUT2D eigenvalue weighted by atomic mass is 10.0. The first-order valence-electron chi connectivity index (χ1n) is 16.1. The van der Waals surface area contributed by atoms with Crippen molar-refractivity contribution in [2.24, 2.45) is 0 Å². The lowest BCUT2D eigenvalue weighted by Crippen LogP contribution is -2.29. The normalized spacial score (nSPS) is 17.3. The van der Waals surface area contributed by atoms with Gasteiger partial charge in [0.15, 0.2) is 12.5 Å². The highest BCUT2D eigenvalue weighted by Gasteiger charge is 2.26. The number of unbranched alkanes of at least 4 members (excludes halogenated alkanes) is 18. The van der Waals surface area contributed by atoms with Crippen molar-refractivity contribution < 1.29 is 23.6 Å². The van der Waals surface area contributed by atoms with Crippen LogP contribution in [0.4, 0.5) is 0 Å². The van der Waals surface area contributed by atoms with Crippen molar-refractivity contribution in [3.05, 3.63) is 17.1 Å². The molecule has 1 aliphatic heterocycles. The molecule has 0 amide bonds. The third-order valence-electron chi connectivity index (χ3n) is 7.61.